The van der Waals surface area contributed by atoms with E-state index in [4.69, 9.17) is 39.5 Å². The van der Waals surface area contributed by atoms with Crippen LogP contribution in [0.5, 0.6) is 5.75 Å². The molecule has 0 spiro atoms. The molecule has 0 aliphatic heterocycles. The Hall–Kier alpha value is -1.47. The van der Waals surface area contributed by atoms with Gasteiger partial charge >= 0.3 is 0 Å². The lowest BCUT2D eigenvalue weighted by atomic mass is 10.2. The van der Waals surface area contributed by atoms with Gasteiger partial charge in [0.1, 0.15) is 5.75 Å². The molecule has 2 aromatic carbocycles. The van der Waals surface area contributed by atoms with Gasteiger partial charge in [0.25, 0.3) is 11.8 Å². The molecule has 0 unspecified atom stereocenters. The molecule has 0 radical (unpaired) electrons. The van der Waals surface area contributed by atoms with Crippen molar-refractivity contribution in [2.45, 2.75) is 0 Å². The largest absolute Gasteiger partial charge is 0.482 e. The van der Waals surface area contributed by atoms with Gasteiger partial charge in [-0.25, -0.2) is 0 Å². The molecule has 24 heavy (non-hydrogen) atoms. The number of ether oxygens (including phenoxy) is 1. The normalized spacial score (nSPS) is 10.2. The number of hydrogen-bond acceptors (Lipinski definition) is 3. The Morgan fingerprint density at radius 3 is 2.38 bits per heavy atom. The lowest BCUT2D eigenvalue weighted by molar-refractivity contribution is -0.123. The molecule has 2 rings (SSSR count). The van der Waals surface area contributed by atoms with Crippen LogP contribution in [0.1, 0.15) is 10.4 Å². The lowest BCUT2D eigenvalue weighted by Gasteiger charge is -2.11. The molecule has 126 valence electrons. The van der Waals surface area contributed by atoms with Gasteiger partial charge in [-0.15, -0.1) is 0 Å². The van der Waals surface area contributed by atoms with Crippen LogP contribution in [0.3, 0.4) is 0 Å². The maximum atomic E-state index is 11.9. The van der Waals surface area contributed by atoms with Crippen LogP contribution in [0.25, 0.3) is 0 Å². The van der Waals surface area contributed by atoms with Crippen LogP contribution >= 0.6 is 50.7 Å². The second-order valence-electron chi connectivity index (χ2n) is 4.47. The predicted octanol–water partition coefficient (Wildman–Crippen LogP) is 4.25. The monoisotopic (exact) mass is 450 g/mol. The highest BCUT2D eigenvalue weighted by atomic mass is 79.9. The molecule has 0 heterocycles. The Bertz CT molecular complexity index is 787. The van der Waals surface area contributed by atoms with Crippen molar-refractivity contribution in [3.8, 4) is 5.75 Å². The van der Waals surface area contributed by atoms with Gasteiger partial charge in [-0.05, 0) is 34.1 Å². The predicted molar refractivity (Wildman–Crippen MR) is 96.7 cm³/mol. The topological polar surface area (TPSA) is 67.4 Å². The van der Waals surface area contributed by atoms with E-state index in [1.54, 1.807) is 24.3 Å². The van der Waals surface area contributed by atoms with E-state index in [0.717, 1.165) is 0 Å². The van der Waals surface area contributed by atoms with Gasteiger partial charge < -0.3 is 4.74 Å². The van der Waals surface area contributed by atoms with Gasteiger partial charge in [-0.2, -0.15) is 0 Å². The summed E-state index contributed by atoms with van der Waals surface area (Å²) >= 11 is 20.8. The maximum absolute atomic E-state index is 11.9. The fraction of sp³-hybridized carbons (Fsp3) is 0.0667. The number of amides is 2. The summed E-state index contributed by atoms with van der Waals surface area (Å²) in [6.07, 6.45) is 0. The van der Waals surface area contributed by atoms with Crippen LogP contribution in [-0.4, -0.2) is 18.4 Å². The molecule has 0 saturated heterocycles. The zero-order chi connectivity index (χ0) is 17.7. The Morgan fingerprint density at radius 2 is 1.67 bits per heavy atom. The van der Waals surface area contributed by atoms with E-state index in [-0.39, 0.29) is 27.4 Å². The van der Waals surface area contributed by atoms with Crippen molar-refractivity contribution in [3.63, 3.8) is 0 Å². The molecular formula is C15H10BrCl3N2O3. The van der Waals surface area contributed by atoms with E-state index in [0.29, 0.717) is 10.0 Å². The summed E-state index contributed by atoms with van der Waals surface area (Å²) in [6, 6.07) is 9.61. The number of carbonyl (C=O) groups is 2. The fourth-order valence-electron chi connectivity index (χ4n) is 1.63. The zero-order valence-electron chi connectivity index (χ0n) is 11.9. The molecule has 0 aliphatic rings. The molecule has 0 aromatic heterocycles. The van der Waals surface area contributed by atoms with Crippen LogP contribution < -0.4 is 15.6 Å². The Kier molecular flexibility index (Phi) is 6.74. The molecule has 2 aromatic rings. The molecule has 0 saturated carbocycles. The van der Waals surface area contributed by atoms with E-state index < -0.39 is 11.8 Å². The highest BCUT2D eigenvalue weighted by Gasteiger charge is 2.12. The van der Waals surface area contributed by atoms with E-state index in [1.807, 2.05) is 0 Å². The van der Waals surface area contributed by atoms with Crippen molar-refractivity contribution >= 4 is 62.5 Å². The first-order chi connectivity index (χ1) is 11.4. The first-order valence-corrected chi connectivity index (χ1v) is 8.42. The molecule has 0 aliphatic carbocycles. The van der Waals surface area contributed by atoms with Crippen LogP contribution in [0.15, 0.2) is 40.9 Å². The second-order valence-corrected chi connectivity index (χ2v) is 6.54. The molecule has 2 N–H and O–H groups in total. The van der Waals surface area contributed by atoms with Crippen LogP contribution in [0.4, 0.5) is 0 Å². The van der Waals surface area contributed by atoms with E-state index in [2.05, 4.69) is 26.8 Å². The summed E-state index contributed by atoms with van der Waals surface area (Å²) < 4.78 is 5.86. The first-order valence-electron chi connectivity index (χ1n) is 6.49. The van der Waals surface area contributed by atoms with E-state index >= 15 is 0 Å². The third-order valence-corrected chi connectivity index (χ3v) is 4.48. The highest BCUT2D eigenvalue weighted by Crippen LogP contribution is 2.33. The average Bonchev–Trinajstić information content (AvgIpc) is 2.55. The Labute approximate surface area is 161 Å². The molecule has 2 amide bonds. The summed E-state index contributed by atoms with van der Waals surface area (Å²) in [5, 5.41) is 0.743. The smallest absolute Gasteiger partial charge is 0.276 e. The SMILES string of the molecule is O=C(COc1cc(Cl)c(Cl)cc1Cl)NNC(=O)c1ccccc1Br. The molecule has 0 fully saturated rings. The van der Waals surface area contributed by atoms with Crippen molar-refractivity contribution in [2.75, 3.05) is 6.61 Å². The number of benzene rings is 2. The van der Waals surface area contributed by atoms with Gasteiger partial charge in [0.15, 0.2) is 6.61 Å². The van der Waals surface area contributed by atoms with Crippen LogP contribution in [0.2, 0.25) is 15.1 Å². The molecule has 0 atom stereocenters. The highest BCUT2D eigenvalue weighted by molar-refractivity contribution is 9.10. The molecular weight excluding hydrogens is 442 g/mol. The number of rotatable bonds is 4. The standard InChI is InChI=1S/C15H10BrCl3N2O3/c16-9-4-2-1-3-8(9)15(23)21-20-14(22)7-24-13-6-11(18)10(17)5-12(13)19/h1-6H,7H2,(H,20,22)(H,21,23). The number of carbonyl (C=O) groups excluding carboxylic acids is 2. The van der Waals surface area contributed by atoms with Crippen molar-refractivity contribution in [2.24, 2.45) is 0 Å². The summed E-state index contributed by atoms with van der Waals surface area (Å²) in [5.41, 5.74) is 4.90. The van der Waals surface area contributed by atoms with Crippen molar-refractivity contribution in [1.82, 2.24) is 10.9 Å². The van der Waals surface area contributed by atoms with Gasteiger partial charge in [-0.3, -0.25) is 20.4 Å². The summed E-state index contributed by atoms with van der Waals surface area (Å²) in [4.78, 5) is 23.7. The van der Waals surface area contributed by atoms with Crippen LogP contribution in [-0.2, 0) is 4.79 Å². The average molecular weight is 453 g/mol. The maximum Gasteiger partial charge on any atom is 0.276 e. The van der Waals surface area contributed by atoms with Crippen LogP contribution in [0, 0.1) is 0 Å². The molecule has 5 nitrogen and oxygen atoms in total. The number of hydrazine groups is 1. The van der Waals surface area contributed by atoms with Crippen molar-refractivity contribution < 1.29 is 14.3 Å². The van der Waals surface area contributed by atoms with Crippen molar-refractivity contribution in [3.05, 3.63) is 61.5 Å². The Balaban J connectivity index is 1.87. The minimum atomic E-state index is -0.572. The fourth-order valence-corrected chi connectivity index (χ4v) is 2.69. The second kappa shape index (κ2) is 8.58. The summed E-state index contributed by atoms with van der Waals surface area (Å²) in [6.45, 7) is -0.367. The third kappa shape index (κ3) is 5.01. The minimum absolute atomic E-state index is 0.207. The molecule has 9 heteroatoms. The zero-order valence-corrected chi connectivity index (χ0v) is 15.8. The lowest BCUT2D eigenvalue weighted by Crippen LogP contribution is -2.43. The van der Waals surface area contributed by atoms with Gasteiger partial charge in [-0.1, -0.05) is 46.9 Å². The van der Waals surface area contributed by atoms with Gasteiger partial charge in [0, 0.05) is 10.5 Å². The van der Waals surface area contributed by atoms with Gasteiger partial charge in [0.2, 0.25) is 0 Å². The Morgan fingerprint density at radius 1 is 1.00 bits per heavy atom. The first kappa shape index (κ1) is 18.9. The summed E-state index contributed by atoms with van der Waals surface area (Å²) in [7, 11) is 0. The minimum Gasteiger partial charge on any atom is -0.482 e. The number of nitrogens with one attached hydrogen (secondary N) is 2. The summed E-state index contributed by atoms with van der Waals surface area (Å²) in [5.74, 6) is -0.834. The molecule has 0 bridgehead atoms. The van der Waals surface area contributed by atoms with Crippen molar-refractivity contribution in [1.29, 1.82) is 0 Å². The van der Waals surface area contributed by atoms with Gasteiger partial charge in [0.05, 0.1) is 20.6 Å². The number of hydrogen-bond donors (Lipinski definition) is 2. The van der Waals surface area contributed by atoms with E-state index in [1.165, 1.54) is 12.1 Å². The third-order valence-electron chi connectivity index (χ3n) is 2.77. The number of halogens is 4. The quantitative estimate of drug-likeness (QED) is 0.538. The van der Waals surface area contributed by atoms with E-state index in [9.17, 15) is 9.59 Å².